The van der Waals surface area contributed by atoms with Gasteiger partial charge in [0.25, 0.3) is 0 Å². The molecule has 1 atom stereocenters. The summed E-state index contributed by atoms with van der Waals surface area (Å²) in [5.74, 6) is 0. The third-order valence-corrected chi connectivity index (χ3v) is 3.11. The second-order valence-corrected chi connectivity index (χ2v) is 4.39. The standard InChI is InChI=1S/C15H15N5/c16-11-15(18-9-4-10-19-20-17)14-8-3-6-12-5-1-2-7-13(12)14/h1-3,5-8,15,18H,4,9-10H2. The topological polar surface area (TPSA) is 84.6 Å². The molecule has 0 aromatic heterocycles. The van der Waals surface area contributed by atoms with Crippen molar-refractivity contribution in [2.75, 3.05) is 13.1 Å². The second-order valence-electron chi connectivity index (χ2n) is 4.39. The maximum absolute atomic E-state index is 9.35. The van der Waals surface area contributed by atoms with Gasteiger partial charge in [-0.3, -0.25) is 5.32 Å². The first-order valence-electron chi connectivity index (χ1n) is 6.48. The molecule has 0 spiro atoms. The lowest BCUT2D eigenvalue weighted by Crippen LogP contribution is -2.21. The summed E-state index contributed by atoms with van der Waals surface area (Å²) in [5, 5.41) is 18.2. The summed E-state index contributed by atoms with van der Waals surface area (Å²) in [7, 11) is 0. The normalized spacial score (nSPS) is 11.6. The number of nitriles is 1. The Morgan fingerprint density at radius 1 is 1.25 bits per heavy atom. The molecule has 0 saturated heterocycles. The number of rotatable bonds is 6. The number of nitrogens with one attached hydrogen (secondary N) is 1. The van der Waals surface area contributed by atoms with Crippen LogP contribution in [-0.2, 0) is 0 Å². The number of fused-ring (bicyclic) bond motifs is 1. The molecule has 0 fully saturated rings. The van der Waals surface area contributed by atoms with Crippen molar-refractivity contribution in [3.05, 3.63) is 58.5 Å². The Morgan fingerprint density at radius 3 is 2.85 bits per heavy atom. The van der Waals surface area contributed by atoms with Crippen LogP contribution in [0.25, 0.3) is 21.2 Å². The van der Waals surface area contributed by atoms with Crippen LogP contribution in [0.2, 0.25) is 0 Å². The summed E-state index contributed by atoms with van der Waals surface area (Å²) >= 11 is 0. The van der Waals surface area contributed by atoms with E-state index < -0.39 is 0 Å². The predicted octanol–water partition coefficient (Wildman–Crippen LogP) is 3.69. The Labute approximate surface area is 117 Å². The van der Waals surface area contributed by atoms with Crippen molar-refractivity contribution >= 4 is 10.8 Å². The largest absolute Gasteiger partial charge is 0.298 e. The average molecular weight is 265 g/mol. The first-order valence-corrected chi connectivity index (χ1v) is 6.48. The van der Waals surface area contributed by atoms with Crippen molar-refractivity contribution in [2.24, 2.45) is 5.11 Å². The highest BCUT2D eigenvalue weighted by Gasteiger charge is 2.12. The van der Waals surface area contributed by atoms with E-state index >= 15 is 0 Å². The summed E-state index contributed by atoms with van der Waals surface area (Å²) in [6, 6.07) is 15.9. The number of benzene rings is 2. The highest BCUT2D eigenvalue weighted by Crippen LogP contribution is 2.23. The number of nitrogens with zero attached hydrogens (tertiary/aromatic N) is 4. The van der Waals surface area contributed by atoms with E-state index in [1.165, 1.54) is 0 Å². The molecule has 2 rings (SSSR count). The minimum Gasteiger partial charge on any atom is -0.298 e. The van der Waals surface area contributed by atoms with Crippen molar-refractivity contribution in [2.45, 2.75) is 12.5 Å². The Bertz CT molecular complexity index is 662. The first-order chi connectivity index (χ1) is 9.86. The van der Waals surface area contributed by atoms with Crippen LogP contribution in [-0.4, -0.2) is 13.1 Å². The molecule has 0 bridgehead atoms. The van der Waals surface area contributed by atoms with Crippen molar-refractivity contribution in [1.82, 2.24) is 5.32 Å². The van der Waals surface area contributed by atoms with E-state index in [0.717, 1.165) is 16.3 Å². The molecule has 0 aliphatic carbocycles. The van der Waals surface area contributed by atoms with Crippen molar-refractivity contribution in [3.8, 4) is 6.07 Å². The SMILES string of the molecule is N#CC(NCCCN=[N+]=[N-])c1cccc2ccccc12. The molecule has 100 valence electrons. The molecule has 0 amide bonds. The van der Waals surface area contributed by atoms with E-state index in [2.05, 4.69) is 21.4 Å². The minimum absolute atomic E-state index is 0.354. The van der Waals surface area contributed by atoms with Gasteiger partial charge in [0.2, 0.25) is 0 Å². The second kappa shape index (κ2) is 7.15. The van der Waals surface area contributed by atoms with Crippen LogP contribution in [0.1, 0.15) is 18.0 Å². The molecular formula is C15H15N5. The third-order valence-electron chi connectivity index (χ3n) is 3.11. The van der Waals surface area contributed by atoms with Gasteiger partial charge in [-0.2, -0.15) is 5.26 Å². The monoisotopic (exact) mass is 265 g/mol. The number of hydrogen-bond acceptors (Lipinski definition) is 3. The molecule has 0 heterocycles. The molecule has 1 N–H and O–H groups in total. The van der Waals surface area contributed by atoms with E-state index in [4.69, 9.17) is 5.53 Å². The van der Waals surface area contributed by atoms with E-state index in [1.807, 2.05) is 42.5 Å². The molecule has 2 aromatic carbocycles. The van der Waals surface area contributed by atoms with Crippen LogP contribution < -0.4 is 5.32 Å². The van der Waals surface area contributed by atoms with Gasteiger partial charge < -0.3 is 0 Å². The zero-order valence-electron chi connectivity index (χ0n) is 11.0. The molecule has 1 unspecified atom stereocenters. The highest BCUT2D eigenvalue weighted by atomic mass is 15.1. The maximum atomic E-state index is 9.35. The molecule has 5 nitrogen and oxygen atoms in total. The minimum atomic E-state index is -0.354. The number of hydrogen-bond donors (Lipinski definition) is 1. The zero-order chi connectivity index (χ0) is 14.2. The lowest BCUT2D eigenvalue weighted by molar-refractivity contribution is 0.610. The van der Waals surface area contributed by atoms with Gasteiger partial charge in [0.1, 0.15) is 6.04 Å². The van der Waals surface area contributed by atoms with Crippen LogP contribution >= 0.6 is 0 Å². The van der Waals surface area contributed by atoms with Gasteiger partial charge in [-0.25, -0.2) is 0 Å². The van der Waals surface area contributed by atoms with Gasteiger partial charge in [0, 0.05) is 11.5 Å². The average Bonchev–Trinajstić information content (AvgIpc) is 2.51. The van der Waals surface area contributed by atoms with Gasteiger partial charge in [0.15, 0.2) is 0 Å². The third kappa shape index (κ3) is 3.27. The number of azide groups is 1. The zero-order valence-corrected chi connectivity index (χ0v) is 11.0. The van der Waals surface area contributed by atoms with Crippen LogP contribution in [0.3, 0.4) is 0 Å². The molecular weight excluding hydrogens is 250 g/mol. The smallest absolute Gasteiger partial charge is 0.121 e. The molecule has 0 radical (unpaired) electrons. The van der Waals surface area contributed by atoms with Crippen LogP contribution in [0.15, 0.2) is 47.6 Å². The van der Waals surface area contributed by atoms with Gasteiger partial charge in [0.05, 0.1) is 6.07 Å². The highest BCUT2D eigenvalue weighted by molar-refractivity contribution is 5.86. The fourth-order valence-electron chi connectivity index (χ4n) is 2.17. The Balaban J connectivity index is 2.14. The van der Waals surface area contributed by atoms with E-state index in [1.54, 1.807) is 0 Å². The van der Waals surface area contributed by atoms with Gasteiger partial charge in [-0.1, -0.05) is 47.6 Å². The van der Waals surface area contributed by atoms with Crippen molar-refractivity contribution < 1.29 is 0 Å². The molecule has 0 aliphatic heterocycles. The predicted molar refractivity (Wildman–Crippen MR) is 78.9 cm³/mol. The van der Waals surface area contributed by atoms with Gasteiger partial charge >= 0.3 is 0 Å². The Morgan fingerprint density at radius 2 is 2.05 bits per heavy atom. The van der Waals surface area contributed by atoms with E-state index in [-0.39, 0.29) is 6.04 Å². The van der Waals surface area contributed by atoms with Crippen molar-refractivity contribution in [3.63, 3.8) is 0 Å². The summed E-state index contributed by atoms with van der Waals surface area (Å²) in [6.07, 6.45) is 0.715. The lowest BCUT2D eigenvalue weighted by atomic mass is 9.99. The maximum Gasteiger partial charge on any atom is 0.121 e. The summed E-state index contributed by atoms with van der Waals surface area (Å²) in [5.41, 5.74) is 9.18. The first kappa shape index (κ1) is 13.9. The Hall–Kier alpha value is -2.54. The lowest BCUT2D eigenvalue weighted by Gasteiger charge is -2.14. The Kier molecular flexibility index (Phi) is 4.96. The van der Waals surface area contributed by atoms with Crippen LogP contribution in [0.5, 0.6) is 0 Å². The quantitative estimate of drug-likeness (QED) is 0.374. The summed E-state index contributed by atoms with van der Waals surface area (Å²) in [6.45, 7) is 1.08. The van der Waals surface area contributed by atoms with Crippen LogP contribution in [0, 0.1) is 11.3 Å². The molecule has 20 heavy (non-hydrogen) atoms. The van der Waals surface area contributed by atoms with E-state index in [0.29, 0.717) is 19.5 Å². The molecule has 2 aromatic rings. The molecule has 5 heteroatoms. The van der Waals surface area contributed by atoms with Crippen LogP contribution in [0.4, 0.5) is 0 Å². The van der Waals surface area contributed by atoms with E-state index in [9.17, 15) is 5.26 Å². The molecule has 0 aliphatic rings. The van der Waals surface area contributed by atoms with Gasteiger partial charge in [-0.15, -0.1) is 0 Å². The van der Waals surface area contributed by atoms with Gasteiger partial charge in [-0.05, 0) is 34.8 Å². The molecule has 0 saturated carbocycles. The fraction of sp³-hybridized carbons (Fsp3) is 0.267. The van der Waals surface area contributed by atoms with Crippen molar-refractivity contribution in [1.29, 1.82) is 5.26 Å². The summed E-state index contributed by atoms with van der Waals surface area (Å²) < 4.78 is 0. The fourth-order valence-corrected chi connectivity index (χ4v) is 2.17. The summed E-state index contributed by atoms with van der Waals surface area (Å²) in [4.78, 5) is 2.70.